The smallest absolute Gasteiger partial charge is 0.267 e. The standard InChI is InChI=1S/C25H48O15S/c1-2-3-4-5-6-7-8-9-10-37-24-22(32)20(30)23(16(11-26)38-24)40-25-21(31)19(29)18(28)17(39-25)13-36-12-15(27)14-41(33,34)35/h15-32H,2-14H2,1H3,(H,33,34,35)/t15?,16-,17-,18-,19+,20-,21-,22-,23-,24?,25-/m1/s1. The molecule has 0 spiro atoms. The molecule has 16 heteroatoms. The topological polar surface area (TPSA) is 242 Å². The van der Waals surface area contributed by atoms with E-state index >= 15 is 0 Å². The second-order valence-electron chi connectivity index (χ2n) is 10.6. The molecule has 8 N–H and O–H groups in total. The van der Waals surface area contributed by atoms with Gasteiger partial charge in [0.25, 0.3) is 10.1 Å². The number of ether oxygens (including phenoxy) is 5. The van der Waals surface area contributed by atoms with E-state index in [1.807, 2.05) is 0 Å². The average molecular weight is 621 g/mol. The Morgan fingerprint density at radius 1 is 0.780 bits per heavy atom. The predicted octanol–water partition coefficient (Wildman–Crippen LogP) is -1.96. The Morgan fingerprint density at radius 2 is 1.37 bits per heavy atom. The summed E-state index contributed by atoms with van der Waals surface area (Å²) in [5.41, 5.74) is 0. The third-order valence-electron chi connectivity index (χ3n) is 7.06. The number of rotatable bonds is 19. The summed E-state index contributed by atoms with van der Waals surface area (Å²) in [5, 5.41) is 71.7. The Bertz CT molecular complexity index is 815. The molecule has 2 unspecified atom stereocenters. The maximum absolute atomic E-state index is 10.8. The van der Waals surface area contributed by atoms with Crippen LogP contribution in [0.15, 0.2) is 0 Å². The molecular formula is C25H48O15S. The quantitative estimate of drug-likeness (QED) is 0.0577. The number of aliphatic hydroxyl groups excluding tert-OH is 7. The molecule has 0 aromatic heterocycles. The monoisotopic (exact) mass is 620 g/mol. The van der Waals surface area contributed by atoms with Crippen molar-refractivity contribution in [2.24, 2.45) is 0 Å². The van der Waals surface area contributed by atoms with E-state index in [0.29, 0.717) is 0 Å². The van der Waals surface area contributed by atoms with Crippen LogP contribution in [0.1, 0.15) is 58.3 Å². The van der Waals surface area contributed by atoms with Gasteiger partial charge in [0.2, 0.25) is 0 Å². The van der Waals surface area contributed by atoms with Gasteiger partial charge in [0.05, 0.1) is 25.9 Å². The molecule has 244 valence electrons. The van der Waals surface area contributed by atoms with E-state index in [0.717, 1.165) is 25.7 Å². The molecule has 2 aliphatic heterocycles. The highest BCUT2D eigenvalue weighted by Crippen LogP contribution is 2.30. The Kier molecular flexibility index (Phi) is 16.3. The first kappa shape index (κ1) is 36.6. The number of aliphatic hydroxyl groups is 7. The van der Waals surface area contributed by atoms with Crippen molar-refractivity contribution < 1.29 is 72.4 Å². The summed E-state index contributed by atoms with van der Waals surface area (Å²) in [5.74, 6) is -0.984. The van der Waals surface area contributed by atoms with Crippen molar-refractivity contribution in [2.45, 2.75) is 126 Å². The van der Waals surface area contributed by atoms with Gasteiger partial charge in [-0.05, 0) is 6.42 Å². The minimum Gasteiger partial charge on any atom is -0.394 e. The first-order valence-electron chi connectivity index (χ1n) is 14.2. The van der Waals surface area contributed by atoms with Crippen molar-refractivity contribution in [1.29, 1.82) is 0 Å². The first-order chi connectivity index (χ1) is 19.4. The van der Waals surface area contributed by atoms with E-state index in [2.05, 4.69) is 6.92 Å². The maximum atomic E-state index is 10.8. The van der Waals surface area contributed by atoms with Crippen LogP contribution in [0.2, 0.25) is 0 Å². The van der Waals surface area contributed by atoms with Gasteiger partial charge in [0, 0.05) is 6.61 Å². The van der Waals surface area contributed by atoms with E-state index in [1.165, 1.54) is 25.7 Å². The molecule has 0 radical (unpaired) electrons. The molecule has 2 aliphatic rings. The fourth-order valence-corrected chi connectivity index (χ4v) is 5.31. The zero-order valence-corrected chi connectivity index (χ0v) is 24.2. The molecule has 2 fully saturated rings. The second kappa shape index (κ2) is 18.3. The molecule has 2 rings (SSSR count). The lowest BCUT2D eigenvalue weighted by Gasteiger charge is -2.46. The van der Waals surface area contributed by atoms with Crippen molar-refractivity contribution in [1.82, 2.24) is 0 Å². The van der Waals surface area contributed by atoms with E-state index in [9.17, 15) is 44.2 Å². The van der Waals surface area contributed by atoms with Gasteiger partial charge in [-0.2, -0.15) is 8.42 Å². The van der Waals surface area contributed by atoms with Crippen LogP contribution in [0.5, 0.6) is 0 Å². The van der Waals surface area contributed by atoms with Gasteiger partial charge in [0.15, 0.2) is 12.6 Å². The van der Waals surface area contributed by atoms with Gasteiger partial charge in [-0.3, -0.25) is 4.55 Å². The maximum Gasteiger partial charge on any atom is 0.267 e. The summed E-state index contributed by atoms with van der Waals surface area (Å²) in [4.78, 5) is 0. The number of unbranched alkanes of at least 4 members (excludes halogenated alkanes) is 7. The highest BCUT2D eigenvalue weighted by molar-refractivity contribution is 7.85. The highest BCUT2D eigenvalue weighted by Gasteiger charge is 2.50. The molecular weight excluding hydrogens is 572 g/mol. The lowest BCUT2D eigenvalue weighted by molar-refractivity contribution is -0.360. The molecule has 2 heterocycles. The number of hydrogen-bond acceptors (Lipinski definition) is 14. The molecule has 0 aromatic carbocycles. The molecule has 11 atom stereocenters. The minimum atomic E-state index is -4.45. The largest absolute Gasteiger partial charge is 0.394 e. The van der Waals surface area contributed by atoms with Crippen LogP contribution in [0.4, 0.5) is 0 Å². The number of hydrogen-bond donors (Lipinski definition) is 8. The zero-order chi connectivity index (χ0) is 30.6. The van der Waals surface area contributed by atoms with E-state index in [1.54, 1.807) is 0 Å². The molecule has 2 saturated heterocycles. The molecule has 0 bridgehead atoms. The lowest BCUT2D eigenvalue weighted by atomic mass is 9.97. The predicted molar refractivity (Wildman–Crippen MR) is 141 cm³/mol. The van der Waals surface area contributed by atoms with Crippen molar-refractivity contribution in [3.8, 4) is 0 Å². The van der Waals surface area contributed by atoms with Gasteiger partial charge in [-0.15, -0.1) is 0 Å². The fourth-order valence-electron chi connectivity index (χ4n) is 4.73. The van der Waals surface area contributed by atoms with Crippen molar-refractivity contribution in [3.63, 3.8) is 0 Å². The molecule has 41 heavy (non-hydrogen) atoms. The molecule has 0 aromatic rings. The van der Waals surface area contributed by atoms with Crippen LogP contribution in [0, 0.1) is 0 Å². The van der Waals surface area contributed by atoms with Crippen LogP contribution >= 0.6 is 0 Å². The summed E-state index contributed by atoms with van der Waals surface area (Å²) in [6.45, 7) is 0.723. The van der Waals surface area contributed by atoms with Gasteiger partial charge in [0.1, 0.15) is 54.6 Å². The SMILES string of the molecule is CCCCCCCCCCOC1O[C@H](CO)[C@@H](O[C@H]2O[C@H](COCC(O)CS(=O)(=O)O)[C@@H](O)[C@H](O)[C@H]2O)[C@H](O)[C@H]1O. The summed E-state index contributed by atoms with van der Waals surface area (Å²) in [6, 6.07) is 0. The third-order valence-corrected chi connectivity index (χ3v) is 7.86. The molecule has 0 amide bonds. The van der Waals surface area contributed by atoms with Crippen LogP contribution in [-0.2, 0) is 33.8 Å². The van der Waals surface area contributed by atoms with Crippen molar-refractivity contribution in [2.75, 3.05) is 32.2 Å². The van der Waals surface area contributed by atoms with Gasteiger partial charge < -0.3 is 59.4 Å². The highest BCUT2D eigenvalue weighted by atomic mass is 32.2. The van der Waals surface area contributed by atoms with Gasteiger partial charge in [-0.25, -0.2) is 0 Å². The second-order valence-corrected chi connectivity index (χ2v) is 12.1. The molecule has 0 saturated carbocycles. The Morgan fingerprint density at radius 3 is 1.98 bits per heavy atom. The van der Waals surface area contributed by atoms with Gasteiger partial charge in [-0.1, -0.05) is 51.9 Å². The zero-order valence-electron chi connectivity index (χ0n) is 23.4. The Hall–Kier alpha value is -0.570. The summed E-state index contributed by atoms with van der Waals surface area (Å²) < 4.78 is 57.9. The third kappa shape index (κ3) is 12.1. The first-order valence-corrected chi connectivity index (χ1v) is 15.8. The van der Waals surface area contributed by atoms with E-state index < -0.39 is 103 Å². The van der Waals surface area contributed by atoms with Crippen LogP contribution in [-0.4, -0.2) is 148 Å². The van der Waals surface area contributed by atoms with Crippen molar-refractivity contribution in [3.05, 3.63) is 0 Å². The summed E-state index contributed by atoms with van der Waals surface area (Å²) >= 11 is 0. The normalized spacial score (nSPS) is 35.4. The average Bonchev–Trinajstić information content (AvgIpc) is 2.91. The van der Waals surface area contributed by atoms with E-state index in [4.69, 9.17) is 28.2 Å². The van der Waals surface area contributed by atoms with Crippen LogP contribution in [0.3, 0.4) is 0 Å². The van der Waals surface area contributed by atoms with Crippen LogP contribution in [0.25, 0.3) is 0 Å². The van der Waals surface area contributed by atoms with E-state index in [-0.39, 0.29) is 6.61 Å². The fraction of sp³-hybridized carbons (Fsp3) is 1.00. The molecule has 0 aliphatic carbocycles. The minimum absolute atomic E-state index is 0.266. The summed E-state index contributed by atoms with van der Waals surface area (Å²) in [7, 11) is -4.45. The Balaban J connectivity index is 1.87. The lowest BCUT2D eigenvalue weighted by Crippen LogP contribution is -2.64. The van der Waals surface area contributed by atoms with Crippen LogP contribution < -0.4 is 0 Å². The summed E-state index contributed by atoms with van der Waals surface area (Å²) in [6.07, 6.45) is -8.31. The van der Waals surface area contributed by atoms with Gasteiger partial charge >= 0.3 is 0 Å². The van der Waals surface area contributed by atoms with Crippen molar-refractivity contribution >= 4 is 10.1 Å². The Labute approximate surface area is 240 Å². The molecule has 15 nitrogen and oxygen atoms in total.